The fraction of sp³-hybridized carbons (Fsp3) is 0.433. The van der Waals surface area contributed by atoms with Crippen molar-refractivity contribution in [1.29, 1.82) is 0 Å². The van der Waals surface area contributed by atoms with Crippen molar-refractivity contribution in [3.63, 3.8) is 0 Å². The minimum atomic E-state index is -4.94. The largest absolute Gasteiger partial charge is 0.493 e. The first-order chi connectivity index (χ1) is 22.2. The molecule has 252 valence electrons. The van der Waals surface area contributed by atoms with Gasteiger partial charge in [0.25, 0.3) is 5.69 Å². The summed E-state index contributed by atoms with van der Waals surface area (Å²) >= 11 is 0. The standard InChI is InChI=1S/C30H31F6N7O4/c1-19(44)41-12-10-40(11-13-41)8-2-14-47-27-6-3-20(15-24(27)30(34,35)36)39-28-22-7-9-42(17-25(22)37-18-38-28)21-4-5-26(43(45)46)23(16-21)29(31,32)33/h3-6,15-16,18H,2,7-14,17H2,1H3,(H,37,38,39). The van der Waals surface area contributed by atoms with Crippen LogP contribution in [-0.2, 0) is 30.1 Å². The lowest BCUT2D eigenvalue weighted by atomic mass is 10.0. The highest BCUT2D eigenvalue weighted by atomic mass is 19.4. The molecular weight excluding hydrogens is 636 g/mol. The highest BCUT2D eigenvalue weighted by Crippen LogP contribution is 2.41. The number of amides is 1. The van der Waals surface area contributed by atoms with Crippen molar-refractivity contribution >= 4 is 28.8 Å². The number of fused-ring (bicyclic) bond motifs is 1. The number of aromatic nitrogens is 2. The Morgan fingerprint density at radius 2 is 1.70 bits per heavy atom. The van der Waals surface area contributed by atoms with Crippen molar-refractivity contribution in [2.24, 2.45) is 0 Å². The summed E-state index contributed by atoms with van der Waals surface area (Å²) in [6.07, 6.45) is -7.70. The first-order valence-corrected chi connectivity index (χ1v) is 14.7. The maximum absolute atomic E-state index is 14.0. The van der Waals surface area contributed by atoms with Crippen LogP contribution in [0.1, 0.15) is 35.7 Å². The van der Waals surface area contributed by atoms with Crippen LogP contribution in [0.2, 0.25) is 0 Å². The van der Waals surface area contributed by atoms with Crippen molar-refractivity contribution in [2.45, 2.75) is 38.7 Å². The van der Waals surface area contributed by atoms with Crippen LogP contribution in [0, 0.1) is 10.1 Å². The van der Waals surface area contributed by atoms with Gasteiger partial charge in [0.05, 0.1) is 29.3 Å². The third-order valence-electron chi connectivity index (χ3n) is 8.10. The van der Waals surface area contributed by atoms with Gasteiger partial charge in [0, 0.05) is 69.2 Å². The van der Waals surface area contributed by atoms with E-state index in [9.17, 15) is 41.3 Å². The van der Waals surface area contributed by atoms with Crippen molar-refractivity contribution in [2.75, 3.05) is 56.1 Å². The minimum absolute atomic E-state index is 0.0162. The van der Waals surface area contributed by atoms with Gasteiger partial charge in [0.1, 0.15) is 23.5 Å². The minimum Gasteiger partial charge on any atom is -0.493 e. The molecule has 3 aromatic rings. The summed E-state index contributed by atoms with van der Waals surface area (Å²) in [5, 5.41) is 14.0. The summed E-state index contributed by atoms with van der Waals surface area (Å²) < 4.78 is 88.2. The van der Waals surface area contributed by atoms with Gasteiger partial charge >= 0.3 is 12.4 Å². The van der Waals surface area contributed by atoms with Crippen LogP contribution in [0.3, 0.4) is 0 Å². The lowest BCUT2D eigenvalue weighted by Gasteiger charge is -2.34. The van der Waals surface area contributed by atoms with E-state index in [1.807, 2.05) is 0 Å². The molecule has 2 aliphatic rings. The topological polar surface area (TPSA) is 117 Å². The molecule has 5 rings (SSSR count). The summed E-state index contributed by atoms with van der Waals surface area (Å²) in [5.41, 5.74) is -2.15. The van der Waals surface area contributed by atoms with E-state index in [2.05, 4.69) is 20.2 Å². The van der Waals surface area contributed by atoms with E-state index in [-0.39, 0.29) is 55.0 Å². The van der Waals surface area contributed by atoms with Crippen LogP contribution in [0.4, 0.5) is 49.2 Å². The zero-order valence-electron chi connectivity index (χ0n) is 25.2. The molecule has 47 heavy (non-hydrogen) atoms. The summed E-state index contributed by atoms with van der Waals surface area (Å²) in [4.78, 5) is 35.4. The second-order valence-corrected chi connectivity index (χ2v) is 11.2. The average Bonchev–Trinajstić information content (AvgIpc) is 3.02. The van der Waals surface area contributed by atoms with Crippen molar-refractivity contribution in [3.05, 3.63) is 75.2 Å². The maximum atomic E-state index is 14.0. The molecule has 1 N–H and O–H groups in total. The fourth-order valence-corrected chi connectivity index (χ4v) is 5.64. The number of piperazine rings is 1. The van der Waals surface area contributed by atoms with Gasteiger partial charge < -0.3 is 19.9 Å². The Labute approximate surface area is 265 Å². The molecule has 0 aliphatic carbocycles. The van der Waals surface area contributed by atoms with Crippen LogP contribution in [0.15, 0.2) is 42.7 Å². The molecule has 1 amide bonds. The Morgan fingerprint density at radius 3 is 2.36 bits per heavy atom. The number of hydrogen-bond donors (Lipinski definition) is 1. The number of benzene rings is 2. The summed E-state index contributed by atoms with van der Waals surface area (Å²) in [5.74, 6) is -0.0467. The molecular formula is C30H31F6N7O4. The van der Waals surface area contributed by atoms with Gasteiger partial charge in [-0.25, -0.2) is 9.97 Å². The third-order valence-corrected chi connectivity index (χ3v) is 8.10. The van der Waals surface area contributed by atoms with E-state index < -0.39 is 34.1 Å². The van der Waals surface area contributed by atoms with Crippen molar-refractivity contribution < 1.29 is 40.8 Å². The average molecular weight is 668 g/mol. The lowest BCUT2D eigenvalue weighted by Crippen LogP contribution is -2.48. The number of nitrogens with one attached hydrogen (secondary N) is 1. The van der Waals surface area contributed by atoms with Crippen molar-refractivity contribution in [3.8, 4) is 5.75 Å². The number of rotatable bonds is 9. The molecule has 11 nitrogen and oxygen atoms in total. The zero-order chi connectivity index (χ0) is 33.9. The Bertz CT molecular complexity index is 1630. The number of nitrogens with zero attached hydrogens (tertiary/aromatic N) is 6. The molecule has 0 radical (unpaired) electrons. The van der Waals surface area contributed by atoms with E-state index in [1.54, 1.807) is 9.80 Å². The molecule has 2 aromatic carbocycles. The molecule has 0 bridgehead atoms. The quantitative estimate of drug-likeness (QED) is 0.134. The Hall–Kier alpha value is -4.67. The molecule has 0 atom stereocenters. The van der Waals surface area contributed by atoms with Crippen LogP contribution in [0.5, 0.6) is 5.75 Å². The number of alkyl halides is 6. The molecule has 1 aromatic heterocycles. The summed E-state index contributed by atoms with van der Waals surface area (Å²) in [6.45, 7) is 5.06. The van der Waals surface area contributed by atoms with Gasteiger partial charge in [-0.15, -0.1) is 0 Å². The lowest BCUT2D eigenvalue weighted by molar-refractivity contribution is -0.388. The number of halogens is 6. The van der Waals surface area contributed by atoms with Crippen LogP contribution < -0.4 is 15.0 Å². The van der Waals surface area contributed by atoms with Crippen molar-refractivity contribution in [1.82, 2.24) is 19.8 Å². The SMILES string of the molecule is CC(=O)N1CCN(CCCOc2ccc(Nc3ncnc4c3CCN(c3ccc([N+](=O)[O-])c(C(F)(F)F)c3)C4)cc2C(F)(F)F)CC1. The van der Waals surface area contributed by atoms with E-state index in [0.717, 1.165) is 18.2 Å². The van der Waals surface area contributed by atoms with Crippen LogP contribution in [0.25, 0.3) is 0 Å². The molecule has 0 saturated carbocycles. The van der Waals surface area contributed by atoms with Gasteiger partial charge in [0.2, 0.25) is 5.91 Å². The van der Waals surface area contributed by atoms with Crippen LogP contribution in [-0.4, -0.2) is 76.5 Å². The Kier molecular flexibility index (Phi) is 9.74. The summed E-state index contributed by atoms with van der Waals surface area (Å²) in [7, 11) is 0. The molecule has 2 aliphatic heterocycles. The number of hydrogen-bond acceptors (Lipinski definition) is 9. The second kappa shape index (κ2) is 13.6. The van der Waals surface area contributed by atoms with Gasteiger partial charge in [-0.3, -0.25) is 19.8 Å². The summed E-state index contributed by atoms with van der Waals surface area (Å²) in [6, 6.07) is 6.37. The van der Waals surface area contributed by atoms with Gasteiger partial charge in [0.15, 0.2) is 0 Å². The second-order valence-electron chi connectivity index (χ2n) is 11.2. The highest BCUT2D eigenvalue weighted by Gasteiger charge is 2.39. The first kappa shape index (κ1) is 33.7. The number of nitro groups is 1. The predicted molar refractivity (Wildman–Crippen MR) is 158 cm³/mol. The smallest absolute Gasteiger partial charge is 0.423 e. The number of carbonyl (C=O) groups excluding carboxylic acids is 1. The molecule has 1 fully saturated rings. The van der Waals surface area contributed by atoms with Crippen LogP contribution >= 0.6 is 0 Å². The van der Waals surface area contributed by atoms with E-state index >= 15 is 0 Å². The third kappa shape index (κ3) is 8.01. The number of anilines is 3. The Morgan fingerprint density at radius 1 is 0.979 bits per heavy atom. The van der Waals surface area contributed by atoms with Gasteiger partial charge in [-0.05, 0) is 43.2 Å². The number of ether oxygens (including phenoxy) is 1. The molecule has 0 spiro atoms. The number of nitro benzene ring substituents is 1. The first-order valence-electron chi connectivity index (χ1n) is 14.7. The molecule has 1 saturated heterocycles. The molecule has 17 heteroatoms. The number of carbonyl (C=O) groups is 1. The van der Waals surface area contributed by atoms with E-state index in [0.29, 0.717) is 50.4 Å². The zero-order valence-corrected chi connectivity index (χ0v) is 25.2. The molecule has 0 unspecified atom stereocenters. The highest BCUT2D eigenvalue weighted by molar-refractivity contribution is 5.73. The monoisotopic (exact) mass is 667 g/mol. The normalized spacial score (nSPS) is 15.7. The van der Waals surface area contributed by atoms with E-state index in [1.165, 1.54) is 31.5 Å². The predicted octanol–water partition coefficient (Wildman–Crippen LogP) is 5.66. The Balaban J connectivity index is 1.25. The van der Waals surface area contributed by atoms with Gasteiger partial charge in [-0.1, -0.05) is 0 Å². The fourth-order valence-electron chi connectivity index (χ4n) is 5.64. The molecule has 3 heterocycles. The maximum Gasteiger partial charge on any atom is 0.423 e. The van der Waals surface area contributed by atoms with E-state index in [4.69, 9.17) is 4.74 Å². The van der Waals surface area contributed by atoms with Gasteiger partial charge in [-0.2, -0.15) is 26.3 Å².